The third kappa shape index (κ3) is 3.57. The average molecular weight is 365 g/mol. The number of hydrogen-bond acceptors (Lipinski definition) is 4. The van der Waals surface area contributed by atoms with Gasteiger partial charge in [-0.15, -0.1) is 0 Å². The largest absolute Gasteiger partial charge is 0.476 e. The Morgan fingerprint density at radius 3 is 2.30 bits per heavy atom. The van der Waals surface area contributed by atoms with E-state index in [1.165, 1.54) is 17.0 Å². The molecule has 0 radical (unpaired) electrons. The number of carbonyl (C=O) groups excluding carboxylic acids is 1. The van der Waals surface area contributed by atoms with Crippen LogP contribution in [0, 0.1) is 0 Å². The molecule has 1 atom stereocenters. The van der Waals surface area contributed by atoms with Crippen LogP contribution in [-0.4, -0.2) is 38.7 Å². The fourth-order valence-electron chi connectivity index (χ4n) is 2.99. The summed E-state index contributed by atoms with van der Waals surface area (Å²) in [6, 6.07) is 14.9. The zero-order valence-electron chi connectivity index (χ0n) is 15.0. The second-order valence-corrected chi connectivity index (χ2v) is 6.30. The van der Waals surface area contributed by atoms with Crippen molar-refractivity contribution in [1.82, 2.24) is 14.7 Å². The Labute approximate surface area is 155 Å². The molecule has 2 aromatic carbocycles. The first-order valence-corrected chi connectivity index (χ1v) is 8.44. The van der Waals surface area contributed by atoms with Gasteiger partial charge in [0, 0.05) is 19.0 Å². The SMILES string of the molecule is CC(C(=O)N(C)Cc1ccccc1)n1nc(C(=O)O)c2ccccc2c1=O. The summed E-state index contributed by atoms with van der Waals surface area (Å²) in [5.74, 6) is -1.59. The van der Waals surface area contributed by atoms with Crippen molar-refractivity contribution in [3.05, 3.63) is 76.2 Å². The van der Waals surface area contributed by atoms with E-state index in [0.29, 0.717) is 6.54 Å². The first-order chi connectivity index (χ1) is 12.9. The second-order valence-electron chi connectivity index (χ2n) is 6.30. The molecular weight excluding hydrogens is 346 g/mol. The van der Waals surface area contributed by atoms with Crippen LogP contribution < -0.4 is 5.56 Å². The fourth-order valence-corrected chi connectivity index (χ4v) is 2.99. The molecule has 1 unspecified atom stereocenters. The van der Waals surface area contributed by atoms with Crippen LogP contribution in [0.3, 0.4) is 0 Å². The van der Waals surface area contributed by atoms with Crippen LogP contribution in [0.15, 0.2) is 59.4 Å². The third-order valence-electron chi connectivity index (χ3n) is 4.39. The number of fused-ring (bicyclic) bond motifs is 1. The van der Waals surface area contributed by atoms with Crippen LogP contribution in [0.5, 0.6) is 0 Å². The van der Waals surface area contributed by atoms with Crippen LogP contribution in [0.2, 0.25) is 0 Å². The molecule has 1 N–H and O–H groups in total. The Hall–Kier alpha value is -3.48. The monoisotopic (exact) mass is 365 g/mol. The highest BCUT2D eigenvalue weighted by molar-refractivity contribution is 6.01. The molecule has 1 aromatic heterocycles. The summed E-state index contributed by atoms with van der Waals surface area (Å²) >= 11 is 0. The van der Waals surface area contributed by atoms with Gasteiger partial charge in [-0.1, -0.05) is 48.5 Å². The van der Waals surface area contributed by atoms with Crippen molar-refractivity contribution in [2.45, 2.75) is 19.5 Å². The molecule has 0 saturated carbocycles. The van der Waals surface area contributed by atoms with Crippen LogP contribution in [0.1, 0.15) is 29.0 Å². The zero-order valence-corrected chi connectivity index (χ0v) is 15.0. The summed E-state index contributed by atoms with van der Waals surface area (Å²) in [4.78, 5) is 38.6. The van der Waals surface area contributed by atoms with E-state index in [2.05, 4.69) is 5.10 Å². The topological polar surface area (TPSA) is 92.5 Å². The van der Waals surface area contributed by atoms with Crippen LogP contribution >= 0.6 is 0 Å². The van der Waals surface area contributed by atoms with Gasteiger partial charge < -0.3 is 10.0 Å². The number of hydrogen-bond donors (Lipinski definition) is 1. The molecule has 3 rings (SSSR count). The minimum atomic E-state index is -1.25. The van der Waals surface area contributed by atoms with Gasteiger partial charge in [-0.25, -0.2) is 9.48 Å². The summed E-state index contributed by atoms with van der Waals surface area (Å²) in [7, 11) is 1.63. The summed E-state index contributed by atoms with van der Waals surface area (Å²) in [5.41, 5.74) is 0.200. The number of carboxylic acid groups (broad SMARTS) is 1. The summed E-state index contributed by atoms with van der Waals surface area (Å²) < 4.78 is 0.954. The van der Waals surface area contributed by atoms with E-state index in [-0.39, 0.29) is 22.4 Å². The lowest BCUT2D eigenvalue weighted by Gasteiger charge is -2.22. The van der Waals surface area contributed by atoms with Crippen molar-refractivity contribution >= 4 is 22.6 Å². The number of amides is 1. The molecule has 7 nitrogen and oxygen atoms in total. The molecule has 0 aliphatic heterocycles. The highest BCUT2D eigenvalue weighted by Gasteiger charge is 2.24. The van der Waals surface area contributed by atoms with Gasteiger partial charge in [-0.3, -0.25) is 9.59 Å². The number of benzene rings is 2. The molecule has 1 heterocycles. The van der Waals surface area contributed by atoms with E-state index >= 15 is 0 Å². The molecule has 0 fully saturated rings. The molecule has 0 aliphatic rings. The number of likely N-dealkylation sites (N-methyl/N-ethyl adjacent to an activating group) is 1. The van der Waals surface area contributed by atoms with Crippen molar-refractivity contribution in [3.8, 4) is 0 Å². The first kappa shape index (κ1) is 18.3. The van der Waals surface area contributed by atoms with E-state index in [0.717, 1.165) is 10.2 Å². The van der Waals surface area contributed by atoms with E-state index < -0.39 is 17.6 Å². The second kappa shape index (κ2) is 7.41. The molecule has 138 valence electrons. The van der Waals surface area contributed by atoms with Crippen molar-refractivity contribution in [2.24, 2.45) is 0 Å². The number of aromatic carboxylic acids is 1. The van der Waals surface area contributed by atoms with E-state index in [1.807, 2.05) is 30.3 Å². The number of rotatable bonds is 5. The minimum Gasteiger partial charge on any atom is -0.476 e. The average Bonchev–Trinajstić information content (AvgIpc) is 2.68. The van der Waals surface area contributed by atoms with Crippen LogP contribution in [-0.2, 0) is 11.3 Å². The number of carboxylic acids is 1. The molecule has 3 aromatic rings. The van der Waals surface area contributed by atoms with E-state index in [4.69, 9.17) is 0 Å². The Bertz CT molecular complexity index is 1060. The highest BCUT2D eigenvalue weighted by Crippen LogP contribution is 2.16. The van der Waals surface area contributed by atoms with E-state index in [1.54, 1.807) is 26.1 Å². The fraction of sp³-hybridized carbons (Fsp3) is 0.200. The Morgan fingerprint density at radius 2 is 1.67 bits per heavy atom. The van der Waals surface area contributed by atoms with E-state index in [9.17, 15) is 19.5 Å². The number of carbonyl (C=O) groups is 2. The molecule has 0 bridgehead atoms. The predicted molar refractivity (Wildman–Crippen MR) is 101 cm³/mol. The van der Waals surface area contributed by atoms with Crippen LogP contribution in [0.25, 0.3) is 10.8 Å². The normalized spacial score (nSPS) is 11.9. The van der Waals surface area contributed by atoms with Gasteiger partial charge in [0.1, 0.15) is 6.04 Å². The molecule has 0 spiro atoms. The number of aromatic nitrogens is 2. The van der Waals surface area contributed by atoms with Gasteiger partial charge in [0.15, 0.2) is 5.69 Å². The highest BCUT2D eigenvalue weighted by atomic mass is 16.4. The maximum absolute atomic E-state index is 12.8. The van der Waals surface area contributed by atoms with Crippen molar-refractivity contribution in [2.75, 3.05) is 7.05 Å². The lowest BCUT2D eigenvalue weighted by atomic mass is 10.1. The lowest BCUT2D eigenvalue weighted by Crippen LogP contribution is -2.38. The quantitative estimate of drug-likeness (QED) is 0.749. The molecule has 0 aliphatic carbocycles. The van der Waals surface area contributed by atoms with Crippen molar-refractivity contribution < 1.29 is 14.7 Å². The molecule has 0 saturated heterocycles. The van der Waals surface area contributed by atoms with Gasteiger partial charge in [0.2, 0.25) is 5.91 Å². The lowest BCUT2D eigenvalue weighted by molar-refractivity contribution is -0.133. The Morgan fingerprint density at radius 1 is 1.07 bits per heavy atom. The Kier molecular flexibility index (Phi) is 5.03. The van der Waals surface area contributed by atoms with Crippen molar-refractivity contribution in [3.63, 3.8) is 0 Å². The predicted octanol–water partition coefficient (Wildman–Crippen LogP) is 2.31. The van der Waals surface area contributed by atoms with Gasteiger partial charge in [0.25, 0.3) is 5.56 Å². The molecule has 1 amide bonds. The summed E-state index contributed by atoms with van der Waals surface area (Å²) in [5, 5.41) is 13.9. The standard InChI is InChI=1S/C20H19N3O4/c1-13(18(24)22(2)12-14-8-4-3-5-9-14)23-19(25)16-11-7-6-10-15(16)17(21-23)20(26)27/h3-11,13H,12H2,1-2H3,(H,26,27). The summed E-state index contributed by atoms with van der Waals surface area (Å²) in [6.45, 7) is 1.91. The van der Waals surface area contributed by atoms with Gasteiger partial charge in [-0.2, -0.15) is 5.10 Å². The molecule has 7 heteroatoms. The first-order valence-electron chi connectivity index (χ1n) is 8.44. The summed E-state index contributed by atoms with van der Waals surface area (Å²) in [6.07, 6.45) is 0. The number of nitrogens with zero attached hydrogens (tertiary/aromatic N) is 3. The van der Waals surface area contributed by atoms with Gasteiger partial charge in [0.05, 0.1) is 5.39 Å². The third-order valence-corrected chi connectivity index (χ3v) is 4.39. The maximum Gasteiger partial charge on any atom is 0.357 e. The maximum atomic E-state index is 12.8. The van der Waals surface area contributed by atoms with Gasteiger partial charge in [-0.05, 0) is 18.6 Å². The molecule has 27 heavy (non-hydrogen) atoms. The Balaban J connectivity index is 1.98. The van der Waals surface area contributed by atoms with Crippen LogP contribution in [0.4, 0.5) is 0 Å². The zero-order chi connectivity index (χ0) is 19.6. The van der Waals surface area contributed by atoms with Gasteiger partial charge >= 0.3 is 5.97 Å². The molecular formula is C20H19N3O4. The van der Waals surface area contributed by atoms with Crippen molar-refractivity contribution in [1.29, 1.82) is 0 Å². The smallest absolute Gasteiger partial charge is 0.357 e. The minimum absolute atomic E-state index is 0.218.